The molecule has 0 aliphatic heterocycles. The lowest BCUT2D eigenvalue weighted by molar-refractivity contribution is 0.728. The molecular formula is C14H18ClN5. The van der Waals surface area contributed by atoms with Crippen LogP contribution in [-0.4, -0.2) is 24.1 Å². The van der Waals surface area contributed by atoms with E-state index in [1.165, 1.54) is 0 Å². The van der Waals surface area contributed by atoms with Gasteiger partial charge in [-0.3, -0.25) is 0 Å². The normalized spacial score (nSPS) is 12.0. The van der Waals surface area contributed by atoms with Gasteiger partial charge in [0.05, 0.1) is 6.04 Å². The van der Waals surface area contributed by atoms with Crippen molar-refractivity contribution in [3.05, 3.63) is 40.9 Å². The standard InChI is InChI=1S/C14H18ClN5/c1-9(10-5-4-6-11(15)7-10)20(3)13-8-12(17-2)18-14(16)19-13/h4-9H,1-3H3,(H3,16,17,18,19). The van der Waals surface area contributed by atoms with Gasteiger partial charge in [0.25, 0.3) is 0 Å². The van der Waals surface area contributed by atoms with Crippen molar-refractivity contribution in [1.29, 1.82) is 0 Å². The highest BCUT2D eigenvalue weighted by Gasteiger charge is 2.15. The average Bonchev–Trinajstić information content (AvgIpc) is 2.45. The number of rotatable bonds is 4. The molecule has 106 valence electrons. The van der Waals surface area contributed by atoms with Crippen LogP contribution in [-0.2, 0) is 0 Å². The molecule has 0 spiro atoms. The lowest BCUT2D eigenvalue weighted by atomic mass is 10.1. The summed E-state index contributed by atoms with van der Waals surface area (Å²) in [4.78, 5) is 10.4. The number of nitrogens with two attached hydrogens (primary N) is 1. The zero-order chi connectivity index (χ0) is 14.7. The van der Waals surface area contributed by atoms with Crippen molar-refractivity contribution in [1.82, 2.24) is 9.97 Å². The Hall–Kier alpha value is -2.01. The van der Waals surface area contributed by atoms with E-state index in [9.17, 15) is 0 Å². The minimum absolute atomic E-state index is 0.118. The number of nitrogens with zero attached hydrogens (tertiary/aromatic N) is 3. The molecule has 5 nitrogen and oxygen atoms in total. The highest BCUT2D eigenvalue weighted by atomic mass is 35.5. The van der Waals surface area contributed by atoms with E-state index in [4.69, 9.17) is 17.3 Å². The molecular weight excluding hydrogens is 274 g/mol. The van der Waals surface area contributed by atoms with Crippen LogP contribution in [0.5, 0.6) is 0 Å². The summed E-state index contributed by atoms with van der Waals surface area (Å²) in [6.07, 6.45) is 0. The molecule has 0 aliphatic carbocycles. The summed E-state index contributed by atoms with van der Waals surface area (Å²) in [5, 5.41) is 3.70. The third kappa shape index (κ3) is 3.11. The second-order valence-electron chi connectivity index (χ2n) is 4.56. The Morgan fingerprint density at radius 3 is 2.70 bits per heavy atom. The van der Waals surface area contributed by atoms with Crippen molar-refractivity contribution >= 4 is 29.2 Å². The summed E-state index contributed by atoms with van der Waals surface area (Å²) < 4.78 is 0. The molecule has 0 saturated heterocycles. The molecule has 1 atom stereocenters. The van der Waals surface area contributed by atoms with Crippen molar-refractivity contribution < 1.29 is 0 Å². The van der Waals surface area contributed by atoms with Gasteiger partial charge in [-0.05, 0) is 24.6 Å². The van der Waals surface area contributed by atoms with Gasteiger partial charge in [-0.25, -0.2) is 0 Å². The summed E-state index contributed by atoms with van der Waals surface area (Å²) in [5.41, 5.74) is 6.84. The van der Waals surface area contributed by atoms with Gasteiger partial charge < -0.3 is 16.0 Å². The quantitative estimate of drug-likeness (QED) is 0.906. The van der Waals surface area contributed by atoms with Crippen molar-refractivity contribution in [3.8, 4) is 0 Å². The average molecular weight is 292 g/mol. The monoisotopic (exact) mass is 291 g/mol. The fourth-order valence-electron chi connectivity index (χ4n) is 1.95. The Morgan fingerprint density at radius 1 is 1.30 bits per heavy atom. The fourth-order valence-corrected chi connectivity index (χ4v) is 2.15. The minimum atomic E-state index is 0.118. The molecule has 1 aromatic heterocycles. The van der Waals surface area contributed by atoms with E-state index >= 15 is 0 Å². The first kappa shape index (κ1) is 14.4. The Labute approximate surface area is 123 Å². The minimum Gasteiger partial charge on any atom is -0.373 e. The first-order valence-electron chi connectivity index (χ1n) is 6.32. The maximum absolute atomic E-state index is 6.04. The summed E-state index contributed by atoms with van der Waals surface area (Å²) in [6.45, 7) is 2.09. The van der Waals surface area contributed by atoms with Gasteiger partial charge >= 0.3 is 0 Å². The number of aromatic nitrogens is 2. The predicted octanol–water partition coefficient (Wildman–Crippen LogP) is 2.95. The van der Waals surface area contributed by atoms with Gasteiger partial charge in [0.1, 0.15) is 11.6 Å². The summed E-state index contributed by atoms with van der Waals surface area (Å²) >= 11 is 6.04. The third-order valence-electron chi connectivity index (χ3n) is 3.26. The molecule has 2 rings (SSSR count). The van der Waals surface area contributed by atoms with Gasteiger partial charge in [0, 0.05) is 25.2 Å². The maximum Gasteiger partial charge on any atom is 0.223 e. The molecule has 6 heteroatoms. The number of nitrogen functional groups attached to an aromatic ring is 1. The highest BCUT2D eigenvalue weighted by Crippen LogP contribution is 2.27. The third-order valence-corrected chi connectivity index (χ3v) is 3.49. The van der Waals surface area contributed by atoms with E-state index in [-0.39, 0.29) is 12.0 Å². The Bertz CT molecular complexity index is 602. The van der Waals surface area contributed by atoms with Crippen molar-refractivity contribution in [2.45, 2.75) is 13.0 Å². The van der Waals surface area contributed by atoms with Crippen molar-refractivity contribution in [3.63, 3.8) is 0 Å². The van der Waals surface area contributed by atoms with E-state index in [0.29, 0.717) is 5.82 Å². The fraction of sp³-hybridized carbons (Fsp3) is 0.286. The van der Waals surface area contributed by atoms with Crippen LogP contribution in [0.15, 0.2) is 30.3 Å². The molecule has 1 aromatic carbocycles. The molecule has 0 aliphatic rings. The van der Waals surface area contributed by atoms with Crippen molar-refractivity contribution in [2.24, 2.45) is 0 Å². The molecule has 0 amide bonds. The number of anilines is 3. The van der Waals surface area contributed by atoms with E-state index in [0.717, 1.165) is 16.4 Å². The van der Waals surface area contributed by atoms with Crippen LogP contribution in [0, 0.1) is 0 Å². The molecule has 1 heterocycles. The summed E-state index contributed by atoms with van der Waals surface area (Å²) in [7, 11) is 3.76. The maximum atomic E-state index is 6.04. The number of benzene rings is 1. The molecule has 20 heavy (non-hydrogen) atoms. The number of hydrogen-bond donors (Lipinski definition) is 2. The number of hydrogen-bond acceptors (Lipinski definition) is 5. The zero-order valence-electron chi connectivity index (χ0n) is 11.8. The van der Waals surface area contributed by atoms with Crippen LogP contribution in [0.4, 0.5) is 17.6 Å². The highest BCUT2D eigenvalue weighted by molar-refractivity contribution is 6.30. The number of halogens is 1. The molecule has 0 radical (unpaired) electrons. The number of nitrogens with one attached hydrogen (secondary N) is 1. The molecule has 0 bridgehead atoms. The van der Waals surface area contributed by atoms with E-state index in [1.807, 2.05) is 42.3 Å². The van der Waals surface area contributed by atoms with Crippen LogP contribution >= 0.6 is 11.6 Å². The lowest BCUT2D eigenvalue weighted by Crippen LogP contribution is -2.23. The van der Waals surface area contributed by atoms with E-state index in [1.54, 1.807) is 7.05 Å². The van der Waals surface area contributed by atoms with Crippen LogP contribution in [0.2, 0.25) is 5.02 Å². The smallest absolute Gasteiger partial charge is 0.223 e. The zero-order valence-corrected chi connectivity index (χ0v) is 12.5. The molecule has 3 N–H and O–H groups in total. The largest absolute Gasteiger partial charge is 0.373 e. The second kappa shape index (κ2) is 5.96. The molecule has 0 fully saturated rings. The predicted molar refractivity (Wildman–Crippen MR) is 84.3 cm³/mol. The molecule has 1 unspecified atom stereocenters. The van der Waals surface area contributed by atoms with Gasteiger partial charge in [0.2, 0.25) is 5.95 Å². The Morgan fingerprint density at radius 2 is 2.05 bits per heavy atom. The van der Waals surface area contributed by atoms with Gasteiger partial charge in [-0.1, -0.05) is 23.7 Å². The first-order chi connectivity index (χ1) is 9.51. The Kier molecular flexibility index (Phi) is 4.29. The van der Waals surface area contributed by atoms with E-state index < -0.39 is 0 Å². The second-order valence-corrected chi connectivity index (χ2v) is 5.00. The van der Waals surface area contributed by atoms with Gasteiger partial charge in [0.15, 0.2) is 0 Å². The van der Waals surface area contributed by atoms with Gasteiger partial charge in [-0.2, -0.15) is 9.97 Å². The summed E-state index contributed by atoms with van der Waals surface area (Å²) in [5.74, 6) is 1.70. The lowest BCUT2D eigenvalue weighted by Gasteiger charge is -2.26. The van der Waals surface area contributed by atoms with E-state index in [2.05, 4.69) is 22.2 Å². The SMILES string of the molecule is CNc1cc(N(C)C(C)c2cccc(Cl)c2)nc(N)n1. The van der Waals surface area contributed by atoms with Crippen LogP contribution in [0.25, 0.3) is 0 Å². The molecule has 2 aromatic rings. The van der Waals surface area contributed by atoms with Crippen LogP contribution in [0.3, 0.4) is 0 Å². The Balaban J connectivity index is 2.30. The van der Waals surface area contributed by atoms with Crippen molar-refractivity contribution in [2.75, 3.05) is 30.0 Å². The topological polar surface area (TPSA) is 67.1 Å². The van der Waals surface area contributed by atoms with Crippen LogP contribution in [0.1, 0.15) is 18.5 Å². The first-order valence-corrected chi connectivity index (χ1v) is 6.69. The van der Waals surface area contributed by atoms with Gasteiger partial charge in [-0.15, -0.1) is 0 Å². The van der Waals surface area contributed by atoms with Crippen LogP contribution < -0.4 is 16.0 Å². The molecule has 0 saturated carbocycles. The summed E-state index contributed by atoms with van der Waals surface area (Å²) in [6, 6.07) is 9.77.